The SMILES string of the molecule is CC(=O)c1ccc(Nc2cc(C)nc(Nc3c(Cl)cccc3Cl)n2)cc1. The number of aryl methyl sites for hydroxylation is 1. The van der Waals surface area contributed by atoms with Crippen LogP contribution in [-0.4, -0.2) is 15.8 Å². The van der Waals surface area contributed by atoms with Crippen molar-refractivity contribution in [2.45, 2.75) is 13.8 Å². The molecule has 3 aromatic rings. The molecular weight excluding hydrogens is 371 g/mol. The standard InChI is InChI=1S/C19H16Cl2N4O/c1-11-10-17(23-14-8-6-13(7-9-14)12(2)26)24-19(22-11)25-18-15(20)4-3-5-16(18)21/h3-10H,1-2H3,(H2,22,23,24,25). The summed E-state index contributed by atoms with van der Waals surface area (Å²) in [5.41, 5.74) is 2.80. The Labute approximate surface area is 161 Å². The number of para-hydroxylation sites is 1. The highest BCUT2D eigenvalue weighted by Gasteiger charge is 2.09. The number of Topliss-reactive ketones (excluding diaryl/α,β-unsaturated/α-hetero) is 1. The predicted molar refractivity (Wildman–Crippen MR) is 106 cm³/mol. The monoisotopic (exact) mass is 386 g/mol. The molecule has 1 heterocycles. The average Bonchev–Trinajstić information content (AvgIpc) is 2.58. The number of nitrogens with zero attached hydrogens (tertiary/aromatic N) is 2. The number of nitrogens with one attached hydrogen (secondary N) is 2. The van der Waals surface area contributed by atoms with Gasteiger partial charge >= 0.3 is 0 Å². The topological polar surface area (TPSA) is 66.9 Å². The lowest BCUT2D eigenvalue weighted by Crippen LogP contribution is -2.03. The van der Waals surface area contributed by atoms with Gasteiger partial charge in [0, 0.05) is 23.0 Å². The zero-order valence-corrected chi connectivity index (χ0v) is 15.7. The number of carbonyl (C=O) groups is 1. The van der Waals surface area contributed by atoms with Gasteiger partial charge in [-0.15, -0.1) is 0 Å². The largest absolute Gasteiger partial charge is 0.340 e. The fourth-order valence-corrected chi connectivity index (χ4v) is 2.85. The summed E-state index contributed by atoms with van der Waals surface area (Å²) in [6.07, 6.45) is 0. The van der Waals surface area contributed by atoms with Crippen LogP contribution in [-0.2, 0) is 0 Å². The van der Waals surface area contributed by atoms with E-state index in [2.05, 4.69) is 20.6 Å². The maximum absolute atomic E-state index is 11.4. The van der Waals surface area contributed by atoms with E-state index in [1.165, 1.54) is 6.92 Å². The molecule has 0 atom stereocenters. The van der Waals surface area contributed by atoms with Crippen LogP contribution in [0, 0.1) is 6.92 Å². The Kier molecular flexibility index (Phi) is 5.40. The lowest BCUT2D eigenvalue weighted by Gasteiger charge is -2.12. The quantitative estimate of drug-likeness (QED) is 0.543. The Hall–Kier alpha value is -2.63. The fraction of sp³-hybridized carbons (Fsp3) is 0.105. The van der Waals surface area contributed by atoms with Gasteiger partial charge < -0.3 is 10.6 Å². The highest BCUT2D eigenvalue weighted by atomic mass is 35.5. The normalized spacial score (nSPS) is 10.5. The molecule has 2 N–H and O–H groups in total. The molecular formula is C19H16Cl2N4O. The van der Waals surface area contributed by atoms with E-state index in [9.17, 15) is 4.79 Å². The number of anilines is 4. The van der Waals surface area contributed by atoms with Crippen molar-refractivity contribution in [2.24, 2.45) is 0 Å². The Bertz CT molecular complexity index is 938. The van der Waals surface area contributed by atoms with Gasteiger partial charge in [0.2, 0.25) is 5.95 Å². The van der Waals surface area contributed by atoms with Gasteiger partial charge in [0.15, 0.2) is 5.78 Å². The second-order valence-corrected chi connectivity index (χ2v) is 6.51. The van der Waals surface area contributed by atoms with E-state index in [1.54, 1.807) is 30.3 Å². The van der Waals surface area contributed by atoms with Gasteiger partial charge in [-0.3, -0.25) is 4.79 Å². The molecule has 132 valence electrons. The molecule has 0 fully saturated rings. The summed E-state index contributed by atoms with van der Waals surface area (Å²) in [5, 5.41) is 7.23. The zero-order chi connectivity index (χ0) is 18.7. The Morgan fingerprint density at radius 2 is 1.62 bits per heavy atom. The first-order valence-corrected chi connectivity index (χ1v) is 8.63. The maximum atomic E-state index is 11.4. The van der Waals surface area contributed by atoms with Crippen LogP contribution in [0.5, 0.6) is 0 Å². The van der Waals surface area contributed by atoms with E-state index in [1.807, 2.05) is 25.1 Å². The van der Waals surface area contributed by atoms with E-state index in [0.29, 0.717) is 33.1 Å². The number of hydrogen-bond acceptors (Lipinski definition) is 5. The number of hydrogen-bond donors (Lipinski definition) is 2. The second-order valence-electron chi connectivity index (χ2n) is 5.70. The molecule has 3 rings (SSSR count). The Balaban J connectivity index is 1.84. The zero-order valence-electron chi connectivity index (χ0n) is 14.2. The van der Waals surface area contributed by atoms with Crippen molar-refractivity contribution < 1.29 is 4.79 Å². The molecule has 0 aliphatic rings. The van der Waals surface area contributed by atoms with Crippen LogP contribution in [0.2, 0.25) is 10.0 Å². The molecule has 0 amide bonds. The molecule has 0 unspecified atom stereocenters. The minimum absolute atomic E-state index is 0.0255. The van der Waals surface area contributed by atoms with Crippen molar-refractivity contribution in [3.05, 3.63) is 69.8 Å². The molecule has 0 radical (unpaired) electrons. The first-order chi connectivity index (χ1) is 12.4. The van der Waals surface area contributed by atoms with Crippen LogP contribution in [0.1, 0.15) is 23.0 Å². The van der Waals surface area contributed by atoms with Crippen LogP contribution in [0.4, 0.5) is 23.1 Å². The van der Waals surface area contributed by atoms with Crippen LogP contribution in [0.25, 0.3) is 0 Å². The van der Waals surface area contributed by atoms with Gasteiger partial charge in [0.05, 0.1) is 15.7 Å². The lowest BCUT2D eigenvalue weighted by atomic mass is 10.1. The molecule has 0 aliphatic carbocycles. The van der Waals surface area contributed by atoms with Gasteiger partial charge in [-0.1, -0.05) is 29.3 Å². The molecule has 26 heavy (non-hydrogen) atoms. The van der Waals surface area contributed by atoms with Crippen molar-refractivity contribution in [2.75, 3.05) is 10.6 Å². The molecule has 0 saturated heterocycles. The van der Waals surface area contributed by atoms with Crippen molar-refractivity contribution in [3.8, 4) is 0 Å². The fourth-order valence-electron chi connectivity index (χ4n) is 2.35. The lowest BCUT2D eigenvalue weighted by molar-refractivity contribution is 0.101. The molecule has 1 aromatic heterocycles. The van der Waals surface area contributed by atoms with Crippen LogP contribution in [0.15, 0.2) is 48.5 Å². The van der Waals surface area contributed by atoms with Crippen LogP contribution < -0.4 is 10.6 Å². The van der Waals surface area contributed by atoms with E-state index >= 15 is 0 Å². The number of benzene rings is 2. The van der Waals surface area contributed by atoms with E-state index in [-0.39, 0.29) is 5.78 Å². The number of aromatic nitrogens is 2. The predicted octanol–water partition coefficient (Wildman–Crippen LogP) is 5.78. The maximum Gasteiger partial charge on any atom is 0.229 e. The second kappa shape index (κ2) is 7.72. The third-order valence-corrected chi connectivity index (χ3v) is 4.25. The number of carbonyl (C=O) groups excluding carboxylic acids is 1. The Morgan fingerprint density at radius 1 is 0.962 bits per heavy atom. The van der Waals surface area contributed by atoms with Gasteiger partial charge in [0.1, 0.15) is 5.82 Å². The molecule has 2 aromatic carbocycles. The summed E-state index contributed by atoms with van der Waals surface area (Å²) in [6, 6.07) is 14.2. The van der Waals surface area contributed by atoms with E-state index in [0.717, 1.165) is 11.4 Å². The minimum Gasteiger partial charge on any atom is -0.340 e. The highest BCUT2D eigenvalue weighted by molar-refractivity contribution is 6.39. The third kappa shape index (κ3) is 4.31. The van der Waals surface area contributed by atoms with Crippen LogP contribution >= 0.6 is 23.2 Å². The Morgan fingerprint density at radius 3 is 2.23 bits per heavy atom. The van der Waals surface area contributed by atoms with E-state index in [4.69, 9.17) is 23.2 Å². The number of ketones is 1. The number of halogens is 2. The number of rotatable bonds is 5. The average molecular weight is 387 g/mol. The summed E-state index contributed by atoms with van der Waals surface area (Å²) >= 11 is 12.4. The van der Waals surface area contributed by atoms with Crippen molar-refractivity contribution in [1.29, 1.82) is 0 Å². The van der Waals surface area contributed by atoms with Gasteiger partial charge in [-0.2, -0.15) is 4.98 Å². The van der Waals surface area contributed by atoms with Gasteiger partial charge in [-0.25, -0.2) is 4.98 Å². The third-order valence-electron chi connectivity index (χ3n) is 3.62. The van der Waals surface area contributed by atoms with Crippen molar-refractivity contribution in [1.82, 2.24) is 9.97 Å². The smallest absolute Gasteiger partial charge is 0.229 e. The van der Waals surface area contributed by atoms with Crippen LogP contribution in [0.3, 0.4) is 0 Å². The minimum atomic E-state index is 0.0255. The van der Waals surface area contributed by atoms with Gasteiger partial charge in [-0.05, 0) is 50.2 Å². The first-order valence-electron chi connectivity index (χ1n) is 7.87. The van der Waals surface area contributed by atoms with Crippen molar-refractivity contribution in [3.63, 3.8) is 0 Å². The first kappa shape index (κ1) is 18.2. The summed E-state index contributed by atoms with van der Waals surface area (Å²) < 4.78 is 0. The summed E-state index contributed by atoms with van der Waals surface area (Å²) in [7, 11) is 0. The van der Waals surface area contributed by atoms with Gasteiger partial charge in [0.25, 0.3) is 0 Å². The van der Waals surface area contributed by atoms with E-state index < -0.39 is 0 Å². The molecule has 0 aliphatic heterocycles. The van der Waals surface area contributed by atoms with Crippen molar-refractivity contribution >= 4 is 52.1 Å². The summed E-state index contributed by atoms with van der Waals surface area (Å²) in [5.74, 6) is 1.01. The summed E-state index contributed by atoms with van der Waals surface area (Å²) in [4.78, 5) is 20.2. The molecule has 0 saturated carbocycles. The highest BCUT2D eigenvalue weighted by Crippen LogP contribution is 2.32. The molecule has 0 spiro atoms. The molecule has 0 bridgehead atoms. The molecule has 5 nitrogen and oxygen atoms in total. The summed E-state index contributed by atoms with van der Waals surface area (Å²) in [6.45, 7) is 3.40. The molecule has 7 heteroatoms.